The van der Waals surface area contributed by atoms with E-state index in [0.29, 0.717) is 11.6 Å². The van der Waals surface area contributed by atoms with Gasteiger partial charge in [-0.25, -0.2) is 4.39 Å². The molecule has 0 radical (unpaired) electrons. The molecule has 3 heteroatoms. The van der Waals surface area contributed by atoms with E-state index in [1.54, 1.807) is 13.0 Å². The lowest BCUT2D eigenvalue weighted by Crippen LogP contribution is -2.23. The van der Waals surface area contributed by atoms with E-state index in [1.165, 1.54) is 12.8 Å². The van der Waals surface area contributed by atoms with Crippen LogP contribution < -0.4 is 5.32 Å². The average molecular weight is 228 g/mol. The maximum absolute atomic E-state index is 13.3. The lowest BCUT2D eigenvalue weighted by molar-refractivity contribution is 0.596. The summed E-state index contributed by atoms with van der Waals surface area (Å²) in [5, 5.41) is 3.66. The first kappa shape index (κ1) is 10.9. The molecule has 1 aliphatic rings. The second-order valence-corrected chi connectivity index (χ2v) is 4.61. The molecule has 0 aromatic heterocycles. The third-order valence-electron chi connectivity index (χ3n) is 2.91. The van der Waals surface area contributed by atoms with Crippen molar-refractivity contribution in [3.05, 3.63) is 34.1 Å². The molecular formula is C12H15ClFN. The third-order valence-corrected chi connectivity index (χ3v) is 3.19. The molecule has 0 bridgehead atoms. The molecule has 1 aromatic carbocycles. The zero-order chi connectivity index (χ0) is 10.8. The van der Waals surface area contributed by atoms with Crippen LogP contribution in [0.25, 0.3) is 0 Å². The van der Waals surface area contributed by atoms with E-state index >= 15 is 0 Å². The van der Waals surface area contributed by atoms with Crippen molar-refractivity contribution >= 4 is 11.6 Å². The fourth-order valence-corrected chi connectivity index (χ4v) is 2.42. The summed E-state index contributed by atoms with van der Waals surface area (Å²) in [7, 11) is 0. The molecule has 1 aliphatic heterocycles. The van der Waals surface area contributed by atoms with Gasteiger partial charge in [0.05, 0.1) is 5.02 Å². The van der Waals surface area contributed by atoms with Gasteiger partial charge in [-0.3, -0.25) is 0 Å². The number of benzene rings is 1. The Balaban J connectivity index is 2.14. The van der Waals surface area contributed by atoms with Crippen molar-refractivity contribution in [1.82, 2.24) is 5.32 Å². The van der Waals surface area contributed by atoms with E-state index in [9.17, 15) is 4.39 Å². The second-order valence-electron chi connectivity index (χ2n) is 4.21. The van der Waals surface area contributed by atoms with Crippen LogP contribution in [0.3, 0.4) is 0 Å². The molecule has 1 atom stereocenters. The first-order valence-electron chi connectivity index (χ1n) is 5.34. The molecular weight excluding hydrogens is 213 g/mol. The minimum Gasteiger partial charge on any atom is -0.314 e. The average Bonchev–Trinajstić information content (AvgIpc) is 2.66. The summed E-state index contributed by atoms with van der Waals surface area (Å²) in [6, 6.07) is 4.16. The highest BCUT2D eigenvalue weighted by Crippen LogP contribution is 2.22. The van der Waals surface area contributed by atoms with Gasteiger partial charge in [0, 0.05) is 6.04 Å². The van der Waals surface area contributed by atoms with Crippen LogP contribution >= 0.6 is 11.6 Å². The van der Waals surface area contributed by atoms with Gasteiger partial charge in [-0.15, -0.1) is 0 Å². The van der Waals surface area contributed by atoms with Crippen molar-refractivity contribution in [2.75, 3.05) is 6.54 Å². The van der Waals surface area contributed by atoms with E-state index < -0.39 is 0 Å². The monoisotopic (exact) mass is 227 g/mol. The van der Waals surface area contributed by atoms with Gasteiger partial charge in [0.25, 0.3) is 0 Å². The summed E-state index contributed by atoms with van der Waals surface area (Å²) >= 11 is 5.81. The van der Waals surface area contributed by atoms with Crippen molar-refractivity contribution in [2.24, 2.45) is 0 Å². The smallest absolute Gasteiger partial charge is 0.144 e. The van der Waals surface area contributed by atoms with Crippen molar-refractivity contribution in [2.45, 2.75) is 32.2 Å². The molecule has 2 rings (SSSR count). The standard InChI is InChI=1S/C12H15ClFN/c1-8-5-9(7-11(13)12(8)14)6-10-3-2-4-15-10/h5,7,10,15H,2-4,6H2,1H3. The Labute approximate surface area is 94.6 Å². The van der Waals surface area contributed by atoms with E-state index in [1.807, 2.05) is 6.07 Å². The number of aryl methyl sites for hydroxylation is 1. The van der Waals surface area contributed by atoms with Crippen LogP contribution in [0.4, 0.5) is 4.39 Å². The van der Waals surface area contributed by atoms with Crippen LogP contribution in [0, 0.1) is 12.7 Å². The number of rotatable bonds is 2. The number of halogens is 2. The lowest BCUT2D eigenvalue weighted by Gasteiger charge is -2.11. The van der Waals surface area contributed by atoms with Crippen LogP contribution in [0.15, 0.2) is 12.1 Å². The number of hydrogen-bond donors (Lipinski definition) is 1. The van der Waals surface area contributed by atoms with Crippen LogP contribution in [0.5, 0.6) is 0 Å². The van der Waals surface area contributed by atoms with E-state index in [2.05, 4.69) is 5.32 Å². The normalized spacial score (nSPS) is 20.9. The summed E-state index contributed by atoms with van der Waals surface area (Å²) in [5.74, 6) is -0.292. The molecule has 82 valence electrons. The molecule has 1 fully saturated rings. The molecule has 1 N–H and O–H groups in total. The summed E-state index contributed by atoms with van der Waals surface area (Å²) in [4.78, 5) is 0. The highest BCUT2D eigenvalue weighted by atomic mass is 35.5. The molecule has 1 saturated heterocycles. The van der Waals surface area contributed by atoms with Gasteiger partial charge in [-0.05, 0) is 49.9 Å². The van der Waals surface area contributed by atoms with E-state index in [4.69, 9.17) is 11.6 Å². The topological polar surface area (TPSA) is 12.0 Å². The molecule has 15 heavy (non-hydrogen) atoms. The molecule has 1 aromatic rings. The fourth-order valence-electron chi connectivity index (χ4n) is 2.13. The summed E-state index contributed by atoms with van der Waals surface area (Å²) < 4.78 is 13.3. The predicted molar refractivity (Wildman–Crippen MR) is 60.9 cm³/mol. The Hall–Kier alpha value is -0.600. The quantitative estimate of drug-likeness (QED) is 0.819. The molecule has 0 amide bonds. The van der Waals surface area contributed by atoms with Gasteiger partial charge < -0.3 is 5.32 Å². The van der Waals surface area contributed by atoms with E-state index in [0.717, 1.165) is 18.5 Å². The summed E-state index contributed by atoms with van der Waals surface area (Å²) in [5.41, 5.74) is 1.76. The van der Waals surface area contributed by atoms with Crippen molar-refractivity contribution < 1.29 is 4.39 Å². The highest BCUT2D eigenvalue weighted by molar-refractivity contribution is 6.30. The Bertz CT molecular complexity index is 336. The first-order valence-corrected chi connectivity index (χ1v) is 5.72. The molecule has 1 unspecified atom stereocenters. The van der Waals surface area contributed by atoms with Gasteiger partial charge in [0.2, 0.25) is 0 Å². The number of nitrogens with one attached hydrogen (secondary N) is 1. The Morgan fingerprint density at radius 3 is 2.93 bits per heavy atom. The van der Waals surface area contributed by atoms with E-state index in [-0.39, 0.29) is 10.8 Å². The molecule has 1 heterocycles. The number of hydrogen-bond acceptors (Lipinski definition) is 1. The molecule has 0 aliphatic carbocycles. The van der Waals surface area contributed by atoms with Crippen LogP contribution in [-0.4, -0.2) is 12.6 Å². The van der Waals surface area contributed by atoms with Crippen LogP contribution in [0.1, 0.15) is 24.0 Å². The predicted octanol–water partition coefficient (Wildman–Crippen LogP) is 3.08. The maximum Gasteiger partial charge on any atom is 0.144 e. The first-order chi connectivity index (χ1) is 7.16. The SMILES string of the molecule is Cc1cc(CC2CCCN2)cc(Cl)c1F. The Morgan fingerprint density at radius 2 is 2.33 bits per heavy atom. The largest absolute Gasteiger partial charge is 0.314 e. The molecule has 0 spiro atoms. The van der Waals surface area contributed by atoms with Gasteiger partial charge in [0.1, 0.15) is 5.82 Å². The van der Waals surface area contributed by atoms with Crippen molar-refractivity contribution in [1.29, 1.82) is 0 Å². The Kier molecular flexibility index (Phi) is 3.27. The van der Waals surface area contributed by atoms with Gasteiger partial charge in [0.15, 0.2) is 0 Å². The van der Waals surface area contributed by atoms with Gasteiger partial charge in [-0.1, -0.05) is 17.7 Å². The minimum atomic E-state index is -0.292. The second kappa shape index (κ2) is 4.50. The Morgan fingerprint density at radius 1 is 1.53 bits per heavy atom. The summed E-state index contributed by atoms with van der Waals surface area (Å²) in [6.07, 6.45) is 3.38. The lowest BCUT2D eigenvalue weighted by atomic mass is 10.0. The highest BCUT2D eigenvalue weighted by Gasteiger charge is 2.15. The zero-order valence-electron chi connectivity index (χ0n) is 8.82. The van der Waals surface area contributed by atoms with Gasteiger partial charge >= 0.3 is 0 Å². The van der Waals surface area contributed by atoms with Crippen molar-refractivity contribution in [3.63, 3.8) is 0 Å². The van der Waals surface area contributed by atoms with Gasteiger partial charge in [-0.2, -0.15) is 0 Å². The minimum absolute atomic E-state index is 0.239. The molecule has 1 nitrogen and oxygen atoms in total. The maximum atomic E-state index is 13.3. The molecule has 0 saturated carbocycles. The van der Waals surface area contributed by atoms with Crippen LogP contribution in [0.2, 0.25) is 5.02 Å². The fraction of sp³-hybridized carbons (Fsp3) is 0.500. The summed E-state index contributed by atoms with van der Waals surface area (Å²) in [6.45, 7) is 2.85. The third kappa shape index (κ3) is 2.50. The zero-order valence-corrected chi connectivity index (χ0v) is 9.57. The van der Waals surface area contributed by atoms with Crippen molar-refractivity contribution in [3.8, 4) is 0 Å². The van der Waals surface area contributed by atoms with Crippen LogP contribution in [-0.2, 0) is 6.42 Å².